The molecular weight excluding hydrogens is 226 g/mol. The summed E-state index contributed by atoms with van der Waals surface area (Å²) in [6.45, 7) is 0. The molecule has 0 atom stereocenters. The minimum absolute atomic E-state index is 0.625. The van der Waals surface area contributed by atoms with Gasteiger partial charge >= 0.3 is 0 Å². The number of thiophene rings is 1. The van der Waals surface area contributed by atoms with Crippen molar-refractivity contribution in [2.45, 2.75) is 0 Å². The van der Waals surface area contributed by atoms with Crippen molar-refractivity contribution in [3.8, 4) is 9.88 Å². The lowest BCUT2D eigenvalue weighted by atomic mass is 10.5. The Morgan fingerprint density at radius 2 is 2.38 bits per heavy atom. The van der Waals surface area contributed by atoms with Crippen molar-refractivity contribution in [2.75, 3.05) is 0 Å². The van der Waals surface area contributed by atoms with E-state index < -0.39 is 0 Å². The number of hydrogen-bond donors (Lipinski definition) is 0. The number of carbonyl (C=O) groups is 1. The summed E-state index contributed by atoms with van der Waals surface area (Å²) in [6.07, 6.45) is 2.35. The predicted octanol–water partition coefficient (Wildman–Crippen LogP) is 3.34. The van der Waals surface area contributed by atoms with Gasteiger partial charge in [0.25, 0.3) is 0 Å². The van der Waals surface area contributed by atoms with Crippen LogP contribution < -0.4 is 0 Å². The molecule has 2 heterocycles. The van der Waals surface area contributed by atoms with Gasteiger partial charge in [0.2, 0.25) is 0 Å². The molecule has 0 aliphatic heterocycles. The predicted molar refractivity (Wildman–Crippen MR) is 55.8 cm³/mol. The van der Waals surface area contributed by atoms with Gasteiger partial charge in [-0.2, -0.15) is 0 Å². The summed E-state index contributed by atoms with van der Waals surface area (Å²) in [4.78, 5) is 16.1. The highest BCUT2D eigenvalue weighted by molar-refractivity contribution is 7.22. The first-order chi connectivity index (χ1) is 6.31. The van der Waals surface area contributed by atoms with Gasteiger partial charge in [-0.25, -0.2) is 4.98 Å². The molecule has 0 aliphatic carbocycles. The molecule has 0 saturated heterocycles. The van der Waals surface area contributed by atoms with Gasteiger partial charge in [0.1, 0.15) is 5.01 Å². The van der Waals surface area contributed by atoms with Crippen molar-refractivity contribution >= 4 is 40.6 Å². The van der Waals surface area contributed by atoms with Gasteiger partial charge in [0.15, 0.2) is 6.29 Å². The zero-order valence-electron chi connectivity index (χ0n) is 6.36. The number of rotatable bonds is 2. The van der Waals surface area contributed by atoms with Crippen LogP contribution in [0.15, 0.2) is 17.6 Å². The van der Waals surface area contributed by atoms with Crippen LogP contribution in [0.3, 0.4) is 0 Å². The summed E-state index contributed by atoms with van der Waals surface area (Å²) in [5.41, 5.74) is 0. The highest BCUT2D eigenvalue weighted by Gasteiger charge is 2.08. The van der Waals surface area contributed by atoms with E-state index in [0.717, 1.165) is 16.2 Å². The molecule has 2 nitrogen and oxygen atoms in total. The summed E-state index contributed by atoms with van der Waals surface area (Å²) < 4.78 is 0. The first kappa shape index (κ1) is 8.87. The third-order valence-electron chi connectivity index (χ3n) is 1.45. The van der Waals surface area contributed by atoms with Gasteiger partial charge < -0.3 is 0 Å². The molecule has 0 fully saturated rings. The van der Waals surface area contributed by atoms with Gasteiger partial charge in [-0.3, -0.25) is 4.79 Å². The van der Waals surface area contributed by atoms with Crippen LogP contribution in [0.5, 0.6) is 0 Å². The second-order valence-electron chi connectivity index (χ2n) is 2.28. The van der Waals surface area contributed by atoms with Crippen molar-refractivity contribution in [3.63, 3.8) is 0 Å². The van der Waals surface area contributed by atoms with Gasteiger partial charge in [0.05, 0.1) is 14.8 Å². The first-order valence-corrected chi connectivity index (χ1v) is 5.53. The number of aldehydes is 1. The molecule has 0 saturated carbocycles. The molecule has 2 rings (SSSR count). The minimum atomic E-state index is 0.625. The number of thiazole rings is 1. The molecule has 0 radical (unpaired) electrons. The molecule has 0 spiro atoms. The van der Waals surface area contributed by atoms with E-state index >= 15 is 0 Å². The Balaban J connectivity index is 2.46. The topological polar surface area (TPSA) is 30.0 Å². The second kappa shape index (κ2) is 3.57. The first-order valence-electron chi connectivity index (χ1n) is 3.45. The number of halogens is 1. The van der Waals surface area contributed by atoms with Crippen LogP contribution in [0.2, 0.25) is 5.02 Å². The maximum Gasteiger partial charge on any atom is 0.161 e. The third-order valence-corrected chi connectivity index (χ3v) is 3.87. The quantitative estimate of drug-likeness (QED) is 0.740. The lowest BCUT2D eigenvalue weighted by Gasteiger charge is -1.88. The largest absolute Gasteiger partial charge is 0.297 e. The SMILES string of the molecule is O=Cc1cnc(-c2sccc2Cl)s1. The summed E-state index contributed by atoms with van der Waals surface area (Å²) >= 11 is 8.79. The summed E-state index contributed by atoms with van der Waals surface area (Å²) in [5.74, 6) is 0. The Hall–Kier alpha value is -0.710. The maximum absolute atomic E-state index is 10.4. The third kappa shape index (κ3) is 1.65. The Bertz CT molecular complexity index is 435. The molecule has 13 heavy (non-hydrogen) atoms. The number of aromatic nitrogens is 1. The molecule has 2 aromatic rings. The molecule has 0 unspecified atom stereocenters. The highest BCUT2D eigenvalue weighted by atomic mass is 35.5. The van der Waals surface area contributed by atoms with E-state index in [1.165, 1.54) is 22.7 Å². The molecule has 0 amide bonds. The van der Waals surface area contributed by atoms with Crippen LogP contribution in [0.1, 0.15) is 9.67 Å². The van der Waals surface area contributed by atoms with E-state index in [1.807, 2.05) is 11.4 Å². The molecular formula is C8H4ClNOS2. The Labute approximate surface area is 87.8 Å². The number of carbonyl (C=O) groups excluding carboxylic acids is 1. The zero-order valence-corrected chi connectivity index (χ0v) is 8.75. The second-order valence-corrected chi connectivity index (χ2v) is 4.67. The molecule has 2 aromatic heterocycles. The zero-order chi connectivity index (χ0) is 9.26. The lowest BCUT2D eigenvalue weighted by molar-refractivity contribution is 0.112. The van der Waals surface area contributed by atoms with Gasteiger partial charge in [-0.15, -0.1) is 22.7 Å². The van der Waals surface area contributed by atoms with E-state index in [4.69, 9.17) is 11.6 Å². The van der Waals surface area contributed by atoms with Crippen molar-refractivity contribution in [1.82, 2.24) is 4.98 Å². The van der Waals surface area contributed by atoms with Crippen LogP contribution >= 0.6 is 34.3 Å². The van der Waals surface area contributed by atoms with Crippen LogP contribution in [0.25, 0.3) is 9.88 Å². The van der Waals surface area contributed by atoms with Crippen molar-refractivity contribution in [1.29, 1.82) is 0 Å². The Morgan fingerprint density at radius 3 is 2.92 bits per heavy atom. The Morgan fingerprint density at radius 1 is 1.54 bits per heavy atom. The van der Waals surface area contributed by atoms with Crippen LogP contribution in [0, 0.1) is 0 Å². The fourth-order valence-corrected chi connectivity index (χ4v) is 2.94. The maximum atomic E-state index is 10.4. The molecule has 5 heteroatoms. The van der Waals surface area contributed by atoms with Crippen molar-refractivity contribution in [2.24, 2.45) is 0 Å². The van der Waals surface area contributed by atoms with E-state index in [0.29, 0.717) is 9.90 Å². The molecule has 0 aromatic carbocycles. The van der Waals surface area contributed by atoms with Gasteiger partial charge in [-0.05, 0) is 11.4 Å². The number of hydrogen-bond acceptors (Lipinski definition) is 4. The molecule has 0 aliphatic rings. The van der Waals surface area contributed by atoms with E-state index in [9.17, 15) is 4.79 Å². The smallest absolute Gasteiger partial charge is 0.161 e. The van der Waals surface area contributed by atoms with Crippen LogP contribution in [-0.2, 0) is 0 Å². The molecule has 0 bridgehead atoms. The lowest BCUT2D eigenvalue weighted by Crippen LogP contribution is -1.66. The van der Waals surface area contributed by atoms with Crippen molar-refractivity contribution < 1.29 is 4.79 Å². The van der Waals surface area contributed by atoms with Crippen LogP contribution in [0.4, 0.5) is 0 Å². The Kier molecular flexibility index (Phi) is 2.44. The van der Waals surface area contributed by atoms with E-state index in [2.05, 4.69) is 4.98 Å². The van der Waals surface area contributed by atoms with Crippen molar-refractivity contribution in [3.05, 3.63) is 27.5 Å². The molecule has 66 valence electrons. The molecule has 0 N–H and O–H groups in total. The summed E-state index contributed by atoms with van der Waals surface area (Å²) in [6, 6.07) is 1.82. The minimum Gasteiger partial charge on any atom is -0.297 e. The van der Waals surface area contributed by atoms with E-state index in [-0.39, 0.29) is 0 Å². The summed E-state index contributed by atoms with van der Waals surface area (Å²) in [7, 11) is 0. The standard InChI is InChI=1S/C8H4ClNOS2/c9-6-1-2-12-7(6)8-10-3-5(4-11)13-8/h1-4H. The average molecular weight is 230 g/mol. The van der Waals surface area contributed by atoms with Crippen LogP contribution in [-0.4, -0.2) is 11.3 Å². The fourth-order valence-electron chi connectivity index (χ4n) is 0.892. The average Bonchev–Trinajstić information content (AvgIpc) is 2.71. The highest BCUT2D eigenvalue weighted by Crippen LogP contribution is 2.35. The monoisotopic (exact) mass is 229 g/mol. The fraction of sp³-hybridized carbons (Fsp3) is 0. The van der Waals surface area contributed by atoms with E-state index in [1.54, 1.807) is 6.20 Å². The normalized spacial score (nSPS) is 10.2. The van der Waals surface area contributed by atoms with Gasteiger partial charge in [-0.1, -0.05) is 11.6 Å². The van der Waals surface area contributed by atoms with Gasteiger partial charge in [0, 0.05) is 6.20 Å². The number of nitrogens with zero attached hydrogens (tertiary/aromatic N) is 1. The summed E-state index contributed by atoms with van der Waals surface area (Å²) in [5, 5.41) is 3.40.